The van der Waals surface area contributed by atoms with Crippen LogP contribution in [0, 0.1) is 5.92 Å². The summed E-state index contributed by atoms with van der Waals surface area (Å²) < 4.78 is 32.7. The zero-order valence-corrected chi connectivity index (χ0v) is 14.4. The Hall–Kier alpha value is -1.64. The molecule has 3 rings (SSSR count). The Labute approximate surface area is 142 Å². The molecule has 0 bridgehead atoms. The highest BCUT2D eigenvalue weighted by atomic mass is 32.2. The van der Waals surface area contributed by atoms with E-state index in [1.165, 1.54) is 19.2 Å². The lowest BCUT2D eigenvalue weighted by Crippen LogP contribution is -2.41. The lowest BCUT2D eigenvalue weighted by atomic mass is 10.1. The molecule has 2 fully saturated rings. The Morgan fingerprint density at radius 3 is 2.58 bits per heavy atom. The van der Waals surface area contributed by atoms with Gasteiger partial charge in [0.05, 0.1) is 7.11 Å². The summed E-state index contributed by atoms with van der Waals surface area (Å²) in [6.07, 6.45) is 3.80. The highest BCUT2D eigenvalue weighted by molar-refractivity contribution is 7.89. The third-order valence-electron chi connectivity index (χ3n) is 4.38. The third kappa shape index (κ3) is 3.88. The molecule has 0 spiro atoms. The van der Waals surface area contributed by atoms with E-state index in [0.29, 0.717) is 12.5 Å². The van der Waals surface area contributed by atoms with Crippen molar-refractivity contribution in [2.75, 3.05) is 13.7 Å². The predicted molar refractivity (Wildman–Crippen MR) is 89.4 cm³/mol. The second-order valence-electron chi connectivity index (χ2n) is 6.41. The van der Waals surface area contributed by atoms with E-state index in [0.717, 1.165) is 25.7 Å². The highest BCUT2D eigenvalue weighted by Crippen LogP contribution is 2.32. The van der Waals surface area contributed by atoms with E-state index >= 15 is 0 Å². The molecular weight excluding hydrogens is 330 g/mol. The van der Waals surface area contributed by atoms with Crippen molar-refractivity contribution in [2.24, 2.45) is 11.7 Å². The van der Waals surface area contributed by atoms with Crippen LogP contribution in [0.1, 0.15) is 36.0 Å². The number of benzene rings is 1. The summed E-state index contributed by atoms with van der Waals surface area (Å²) in [6.45, 7) is 0.376. The number of carbonyl (C=O) groups is 1. The van der Waals surface area contributed by atoms with Crippen LogP contribution in [0.25, 0.3) is 0 Å². The Kier molecular flexibility index (Phi) is 4.80. The molecule has 2 saturated carbocycles. The second kappa shape index (κ2) is 6.70. The average Bonchev–Trinajstić information content (AvgIpc) is 3.45. The first-order chi connectivity index (χ1) is 11.4. The molecule has 0 heterocycles. The first kappa shape index (κ1) is 17.2. The van der Waals surface area contributed by atoms with Gasteiger partial charge in [-0.15, -0.1) is 0 Å². The molecule has 0 aromatic heterocycles. The molecule has 1 atom stereocenters. The Bertz CT molecular complexity index is 727. The standard InChI is InChI=1S/C16H23N3O4S/c1-23-14-7-4-11(16(20)18-13(9-17)10-2-3-10)8-15(14)24(21,22)19-12-5-6-12/h4,7-8,10,12-13,19H,2-3,5-6,9,17H2,1H3,(H,18,20). The van der Waals surface area contributed by atoms with Crippen LogP contribution < -0.4 is 20.5 Å². The fraction of sp³-hybridized carbons (Fsp3) is 0.562. The van der Waals surface area contributed by atoms with Gasteiger partial charge in [-0.05, 0) is 49.8 Å². The van der Waals surface area contributed by atoms with E-state index < -0.39 is 10.0 Å². The maximum Gasteiger partial charge on any atom is 0.251 e. The van der Waals surface area contributed by atoms with Gasteiger partial charge in [-0.1, -0.05) is 0 Å². The Morgan fingerprint density at radius 2 is 2.04 bits per heavy atom. The van der Waals surface area contributed by atoms with Crippen LogP contribution in [-0.4, -0.2) is 40.1 Å². The fourth-order valence-electron chi connectivity index (χ4n) is 2.63. The molecule has 1 aromatic rings. The van der Waals surface area contributed by atoms with Crippen molar-refractivity contribution >= 4 is 15.9 Å². The number of hydrogen-bond donors (Lipinski definition) is 3. The molecular formula is C16H23N3O4S. The number of amides is 1. The van der Waals surface area contributed by atoms with Crippen molar-refractivity contribution in [1.29, 1.82) is 0 Å². The zero-order valence-electron chi connectivity index (χ0n) is 13.6. The number of nitrogens with one attached hydrogen (secondary N) is 2. The van der Waals surface area contributed by atoms with Gasteiger partial charge in [0.15, 0.2) is 0 Å². The normalized spacial score (nSPS) is 18.9. The van der Waals surface area contributed by atoms with Gasteiger partial charge in [-0.25, -0.2) is 13.1 Å². The Morgan fingerprint density at radius 1 is 1.33 bits per heavy atom. The molecule has 132 valence electrons. The van der Waals surface area contributed by atoms with E-state index in [1.807, 2.05) is 0 Å². The third-order valence-corrected chi connectivity index (χ3v) is 5.92. The summed E-state index contributed by atoms with van der Waals surface area (Å²) in [6, 6.07) is 4.34. The number of ether oxygens (including phenoxy) is 1. The van der Waals surface area contributed by atoms with Gasteiger partial charge in [-0.3, -0.25) is 4.79 Å². The topological polar surface area (TPSA) is 111 Å². The minimum atomic E-state index is -3.71. The number of sulfonamides is 1. The minimum Gasteiger partial charge on any atom is -0.495 e. The van der Waals surface area contributed by atoms with E-state index in [1.54, 1.807) is 6.07 Å². The summed E-state index contributed by atoms with van der Waals surface area (Å²) in [5.74, 6) is 0.331. The van der Waals surface area contributed by atoms with Gasteiger partial charge >= 0.3 is 0 Å². The van der Waals surface area contributed by atoms with Crippen molar-refractivity contribution in [1.82, 2.24) is 10.0 Å². The number of nitrogens with two attached hydrogens (primary N) is 1. The summed E-state index contributed by atoms with van der Waals surface area (Å²) in [4.78, 5) is 12.4. The second-order valence-corrected chi connectivity index (χ2v) is 8.10. The van der Waals surface area contributed by atoms with E-state index in [-0.39, 0.29) is 34.2 Å². The van der Waals surface area contributed by atoms with E-state index in [4.69, 9.17) is 10.5 Å². The van der Waals surface area contributed by atoms with Crippen LogP contribution in [0.15, 0.2) is 23.1 Å². The van der Waals surface area contributed by atoms with Crippen molar-refractivity contribution in [2.45, 2.75) is 42.7 Å². The van der Waals surface area contributed by atoms with E-state index in [2.05, 4.69) is 10.0 Å². The van der Waals surface area contributed by atoms with Gasteiger partial charge in [0.2, 0.25) is 10.0 Å². The van der Waals surface area contributed by atoms with Gasteiger partial charge in [0.1, 0.15) is 10.6 Å². The fourth-order valence-corrected chi connectivity index (χ4v) is 4.13. The van der Waals surface area contributed by atoms with Crippen LogP contribution in [0.3, 0.4) is 0 Å². The monoisotopic (exact) mass is 353 g/mol. The van der Waals surface area contributed by atoms with Gasteiger partial charge < -0.3 is 15.8 Å². The molecule has 24 heavy (non-hydrogen) atoms. The maximum absolute atomic E-state index is 12.5. The lowest BCUT2D eigenvalue weighted by Gasteiger charge is -2.17. The lowest BCUT2D eigenvalue weighted by molar-refractivity contribution is 0.0933. The molecule has 2 aliphatic carbocycles. The molecule has 0 aliphatic heterocycles. The van der Waals surface area contributed by atoms with Crippen LogP contribution in [0.4, 0.5) is 0 Å². The van der Waals surface area contributed by atoms with Crippen LogP contribution in [-0.2, 0) is 10.0 Å². The first-order valence-corrected chi connectivity index (χ1v) is 9.64. The molecule has 1 unspecified atom stereocenters. The summed E-state index contributed by atoms with van der Waals surface area (Å²) in [7, 11) is -2.31. The number of methoxy groups -OCH3 is 1. The molecule has 7 nitrogen and oxygen atoms in total. The van der Waals surface area contributed by atoms with Gasteiger partial charge in [-0.2, -0.15) is 0 Å². The van der Waals surface area contributed by atoms with E-state index in [9.17, 15) is 13.2 Å². The van der Waals surface area contributed by atoms with Crippen molar-refractivity contribution in [3.63, 3.8) is 0 Å². The van der Waals surface area contributed by atoms with Crippen LogP contribution in [0.5, 0.6) is 5.75 Å². The molecule has 8 heteroatoms. The zero-order chi connectivity index (χ0) is 17.3. The average molecular weight is 353 g/mol. The van der Waals surface area contributed by atoms with Gasteiger partial charge in [0.25, 0.3) is 5.91 Å². The van der Waals surface area contributed by atoms with Gasteiger partial charge in [0, 0.05) is 24.2 Å². The largest absolute Gasteiger partial charge is 0.495 e. The van der Waals surface area contributed by atoms with Crippen LogP contribution in [0.2, 0.25) is 0 Å². The van der Waals surface area contributed by atoms with Crippen molar-refractivity contribution < 1.29 is 17.9 Å². The van der Waals surface area contributed by atoms with Crippen LogP contribution >= 0.6 is 0 Å². The Balaban J connectivity index is 1.83. The maximum atomic E-state index is 12.5. The molecule has 1 amide bonds. The smallest absolute Gasteiger partial charge is 0.251 e. The minimum absolute atomic E-state index is 0.0136. The number of rotatable bonds is 8. The number of carbonyl (C=O) groups excluding carboxylic acids is 1. The molecule has 1 aromatic carbocycles. The SMILES string of the molecule is COc1ccc(C(=O)NC(CN)C2CC2)cc1S(=O)(=O)NC1CC1. The molecule has 4 N–H and O–H groups in total. The van der Waals surface area contributed by atoms with Crippen molar-refractivity contribution in [3.8, 4) is 5.75 Å². The van der Waals surface area contributed by atoms with Crippen molar-refractivity contribution in [3.05, 3.63) is 23.8 Å². The predicted octanol–water partition coefficient (Wildman–Crippen LogP) is 0.603. The quantitative estimate of drug-likeness (QED) is 0.634. The highest BCUT2D eigenvalue weighted by Gasteiger charge is 2.33. The number of hydrogen-bond acceptors (Lipinski definition) is 5. The first-order valence-electron chi connectivity index (χ1n) is 8.16. The molecule has 0 saturated heterocycles. The molecule has 0 radical (unpaired) electrons. The molecule has 2 aliphatic rings. The summed E-state index contributed by atoms with van der Waals surface area (Å²) >= 11 is 0. The summed E-state index contributed by atoms with van der Waals surface area (Å²) in [5.41, 5.74) is 5.99. The summed E-state index contributed by atoms with van der Waals surface area (Å²) in [5, 5.41) is 2.89.